The maximum Gasteiger partial charge on any atom is 0.191 e. The summed E-state index contributed by atoms with van der Waals surface area (Å²) in [6, 6.07) is 0.463. The van der Waals surface area contributed by atoms with Crippen LogP contribution in [-0.4, -0.2) is 57.8 Å². The van der Waals surface area contributed by atoms with Crippen LogP contribution in [0.25, 0.3) is 0 Å². The number of hydrogen-bond acceptors (Lipinski definition) is 4. The van der Waals surface area contributed by atoms with Crippen LogP contribution >= 0.6 is 24.0 Å². The lowest BCUT2D eigenvalue weighted by atomic mass is 10.0. The molecule has 7 nitrogen and oxygen atoms in total. The van der Waals surface area contributed by atoms with Crippen molar-refractivity contribution in [3.8, 4) is 0 Å². The zero-order valence-electron chi connectivity index (χ0n) is 17.3. The second-order valence-electron chi connectivity index (χ2n) is 7.32. The van der Waals surface area contributed by atoms with Gasteiger partial charge in [-0.2, -0.15) is 0 Å². The van der Waals surface area contributed by atoms with E-state index in [9.17, 15) is 0 Å². The van der Waals surface area contributed by atoms with Crippen LogP contribution in [0.4, 0.5) is 0 Å². The van der Waals surface area contributed by atoms with Crippen LogP contribution in [0.3, 0.4) is 0 Å². The van der Waals surface area contributed by atoms with Crippen molar-refractivity contribution >= 4 is 29.9 Å². The molecule has 1 aliphatic rings. The monoisotopic (exact) mass is 489 g/mol. The van der Waals surface area contributed by atoms with E-state index < -0.39 is 0 Å². The van der Waals surface area contributed by atoms with E-state index in [1.165, 1.54) is 12.0 Å². The summed E-state index contributed by atoms with van der Waals surface area (Å²) in [5.74, 6) is 2.68. The van der Waals surface area contributed by atoms with Gasteiger partial charge in [-0.1, -0.05) is 25.5 Å². The van der Waals surface area contributed by atoms with E-state index in [0.717, 1.165) is 63.0 Å². The van der Waals surface area contributed by atoms with Crippen molar-refractivity contribution in [2.75, 3.05) is 26.2 Å². The number of nitrogens with one attached hydrogen (secondary N) is 2. The van der Waals surface area contributed by atoms with Gasteiger partial charge in [-0.3, -0.25) is 4.90 Å². The fourth-order valence-electron chi connectivity index (χ4n) is 3.09. The molecule has 0 amide bonds. The molecule has 0 aromatic carbocycles. The third-order valence-corrected chi connectivity index (χ3v) is 4.81. The van der Waals surface area contributed by atoms with Crippen molar-refractivity contribution in [2.24, 2.45) is 12.0 Å². The van der Waals surface area contributed by atoms with Gasteiger partial charge in [-0.25, -0.2) is 4.99 Å². The summed E-state index contributed by atoms with van der Waals surface area (Å²) in [6.45, 7) is 15.0. The first-order chi connectivity index (χ1) is 12.5. The fourth-order valence-corrected chi connectivity index (χ4v) is 3.09. The summed E-state index contributed by atoms with van der Waals surface area (Å²) in [4.78, 5) is 7.22. The van der Waals surface area contributed by atoms with Crippen LogP contribution in [0, 0.1) is 6.92 Å². The quantitative estimate of drug-likeness (QED) is 0.193. The first-order valence-electron chi connectivity index (χ1n) is 9.76. The average molecular weight is 489 g/mol. The molecule has 2 rings (SSSR count). The lowest BCUT2D eigenvalue weighted by molar-refractivity contribution is 0.221. The van der Waals surface area contributed by atoms with Gasteiger partial charge in [-0.15, -0.1) is 34.2 Å². The Bertz CT molecular complexity index is 603. The molecule has 1 aromatic rings. The number of unbranched alkanes of at least 4 members (excludes halogenated alkanes) is 1. The van der Waals surface area contributed by atoms with Gasteiger partial charge in [0.25, 0.3) is 0 Å². The Morgan fingerprint density at radius 1 is 1.30 bits per heavy atom. The molecule has 0 unspecified atom stereocenters. The van der Waals surface area contributed by atoms with Crippen molar-refractivity contribution in [1.29, 1.82) is 0 Å². The Hall–Kier alpha value is -1.16. The van der Waals surface area contributed by atoms with Gasteiger partial charge in [-0.05, 0) is 33.1 Å². The number of halogens is 1. The third-order valence-electron chi connectivity index (χ3n) is 4.81. The second-order valence-corrected chi connectivity index (χ2v) is 7.32. The molecule has 0 radical (unpaired) electrons. The third kappa shape index (κ3) is 8.16. The zero-order valence-corrected chi connectivity index (χ0v) is 19.6. The summed E-state index contributed by atoms with van der Waals surface area (Å²) in [6.07, 6.45) is 4.57. The lowest BCUT2D eigenvalue weighted by Crippen LogP contribution is -2.49. The Morgan fingerprint density at radius 2 is 2.00 bits per heavy atom. The van der Waals surface area contributed by atoms with Crippen molar-refractivity contribution in [2.45, 2.75) is 59.0 Å². The van der Waals surface area contributed by atoms with E-state index in [4.69, 9.17) is 4.99 Å². The van der Waals surface area contributed by atoms with E-state index in [0.29, 0.717) is 12.6 Å². The van der Waals surface area contributed by atoms with Crippen molar-refractivity contribution in [3.63, 3.8) is 0 Å². The van der Waals surface area contributed by atoms with E-state index in [1.807, 2.05) is 18.5 Å². The van der Waals surface area contributed by atoms with Crippen LogP contribution in [0.1, 0.15) is 51.2 Å². The van der Waals surface area contributed by atoms with Gasteiger partial charge in [0.1, 0.15) is 12.4 Å². The number of aromatic nitrogens is 3. The molecule has 0 atom stereocenters. The summed E-state index contributed by atoms with van der Waals surface area (Å²) in [5, 5.41) is 15.4. The van der Waals surface area contributed by atoms with Gasteiger partial charge >= 0.3 is 0 Å². The molecule has 1 fully saturated rings. The molecule has 0 aliphatic carbocycles. The molecule has 0 saturated carbocycles. The molecule has 27 heavy (non-hydrogen) atoms. The van der Waals surface area contributed by atoms with E-state index >= 15 is 0 Å². The maximum absolute atomic E-state index is 4.74. The smallest absolute Gasteiger partial charge is 0.191 e. The van der Waals surface area contributed by atoms with Crippen LogP contribution in [0.15, 0.2) is 17.1 Å². The van der Waals surface area contributed by atoms with Crippen LogP contribution < -0.4 is 10.6 Å². The molecular formula is C19H36IN7. The standard InChI is InChI=1S/C19H35N7.HI/c1-6-7-10-20-19(21-13-18-24-23-16(4)25(18)5)22-17-8-11-26(12-9-17)14-15(2)3;/h17H,2,6-14H2,1,3-5H3,(H2,20,21,22);1H. The van der Waals surface area contributed by atoms with Crippen LogP contribution in [0.2, 0.25) is 0 Å². The largest absolute Gasteiger partial charge is 0.356 e. The van der Waals surface area contributed by atoms with Crippen LogP contribution in [-0.2, 0) is 13.6 Å². The highest BCUT2D eigenvalue weighted by molar-refractivity contribution is 14.0. The number of nitrogens with zero attached hydrogens (tertiary/aromatic N) is 5. The first kappa shape index (κ1) is 23.9. The highest BCUT2D eigenvalue weighted by Crippen LogP contribution is 2.11. The minimum Gasteiger partial charge on any atom is -0.356 e. The topological polar surface area (TPSA) is 70.4 Å². The molecule has 1 aromatic heterocycles. The molecule has 0 bridgehead atoms. The number of aryl methyl sites for hydroxylation is 1. The molecular weight excluding hydrogens is 453 g/mol. The van der Waals surface area contributed by atoms with Crippen molar-refractivity contribution in [3.05, 3.63) is 23.8 Å². The minimum absolute atomic E-state index is 0. The van der Waals surface area contributed by atoms with E-state index in [1.54, 1.807) is 0 Å². The number of rotatable bonds is 8. The molecule has 154 valence electrons. The highest BCUT2D eigenvalue weighted by atomic mass is 127. The Kier molecular flexibility index (Phi) is 10.9. The Labute approximate surface area is 181 Å². The average Bonchev–Trinajstić information content (AvgIpc) is 2.93. The van der Waals surface area contributed by atoms with Crippen LogP contribution in [0.5, 0.6) is 0 Å². The summed E-state index contributed by atoms with van der Waals surface area (Å²) in [5.41, 5.74) is 1.24. The molecule has 0 spiro atoms. The normalized spacial score (nSPS) is 16.1. The summed E-state index contributed by atoms with van der Waals surface area (Å²) < 4.78 is 1.99. The lowest BCUT2D eigenvalue weighted by Gasteiger charge is -2.33. The van der Waals surface area contributed by atoms with Gasteiger partial charge in [0.2, 0.25) is 0 Å². The van der Waals surface area contributed by atoms with Gasteiger partial charge < -0.3 is 15.2 Å². The SMILES string of the molecule is C=C(C)CN1CCC(NC(=NCc2nnc(C)n2C)NCCCC)CC1.I. The molecule has 2 N–H and O–H groups in total. The molecule has 2 heterocycles. The Morgan fingerprint density at radius 3 is 2.56 bits per heavy atom. The van der Waals surface area contributed by atoms with Gasteiger partial charge in [0.15, 0.2) is 11.8 Å². The number of likely N-dealkylation sites (tertiary alicyclic amines) is 1. The zero-order chi connectivity index (χ0) is 18.9. The second kappa shape index (κ2) is 12.3. The van der Waals surface area contributed by atoms with Crippen molar-refractivity contribution < 1.29 is 0 Å². The van der Waals surface area contributed by atoms with Gasteiger partial charge in [0.05, 0.1) is 0 Å². The Balaban J connectivity index is 0.00000364. The first-order valence-corrected chi connectivity index (χ1v) is 9.76. The predicted octanol–water partition coefficient (Wildman–Crippen LogP) is 2.62. The van der Waals surface area contributed by atoms with E-state index in [-0.39, 0.29) is 24.0 Å². The highest BCUT2D eigenvalue weighted by Gasteiger charge is 2.20. The predicted molar refractivity (Wildman–Crippen MR) is 123 cm³/mol. The summed E-state index contributed by atoms with van der Waals surface area (Å²) >= 11 is 0. The number of hydrogen-bond donors (Lipinski definition) is 2. The number of aliphatic imine (C=N–C) groups is 1. The molecule has 8 heteroatoms. The van der Waals surface area contributed by atoms with Gasteiger partial charge in [0, 0.05) is 39.3 Å². The molecule has 1 aliphatic heterocycles. The fraction of sp³-hybridized carbons (Fsp3) is 0.737. The number of piperidine rings is 1. The number of guanidine groups is 1. The van der Waals surface area contributed by atoms with Crippen molar-refractivity contribution in [1.82, 2.24) is 30.3 Å². The molecule has 1 saturated heterocycles. The van der Waals surface area contributed by atoms with E-state index in [2.05, 4.69) is 46.2 Å². The minimum atomic E-state index is 0. The summed E-state index contributed by atoms with van der Waals surface area (Å²) in [7, 11) is 1.98. The maximum atomic E-state index is 4.74.